The Kier molecular flexibility index (Phi) is 8.46. The third-order valence-corrected chi connectivity index (χ3v) is 12.2. The van der Waals surface area contributed by atoms with E-state index in [-0.39, 0.29) is 0 Å². The van der Waals surface area contributed by atoms with Gasteiger partial charge in [-0.25, -0.2) is 0 Å². The molecule has 0 unspecified atom stereocenters. The summed E-state index contributed by atoms with van der Waals surface area (Å²) in [6.07, 6.45) is 3.72. The minimum absolute atomic E-state index is 0.970. The number of rotatable bonds is 7. The molecule has 0 spiro atoms. The highest BCUT2D eigenvalue weighted by atomic mass is 15.0. The summed E-state index contributed by atoms with van der Waals surface area (Å²) in [6, 6.07) is 78.4. The smallest absolute Gasteiger partial charge is 0.0708 e. The molecular formula is C58H38N4. The lowest BCUT2D eigenvalue weighted by atomic mass is 9.96. The van der Waals surface area contributed by atoms with Crippen molar-refractivity contribution < 1.29 is 0 Å². The third-order valence-electron chi connectivity index (χ3n) is 12.2. The van der Waals surface area contributed by atoms with E-state index in [0.717, 1.165) is 45.0 Å². The first-order valence-corrected chi connectivity index (χ1v) is 21.1. The summed E-state index contributed by atoms with van der Waals surface area (Å²) in [5.41, 5.74) is 18.1. The largest absolute Gasteiger partial charge is 0.309 e. The molecular weight excluding hydrogens is 753 g/mol. The Labute approximate surface area is 359 Å². The van der Waals surface area contributed by atoms with Crippen LogP contribution < -0.4 is 0 Å². The zero-order valence-electron chi connectivity index (χ0n) is 33.7. The molecule has 8 aromatic carbocycles. The van der Waals surface area contributed by atoms with Crippen LogP contribution in [0.3, 0.4) is 0 Å². The lowest BCUT2D eigenvalue weighted by molar-refractivity contribution is 1.17. The molecule has 12 aromatic rings. The quantitative estimate of drug-likeness (QED) is 0.161. The van der Waals surface area contributed by atoms with Crippen LogP contribution in [0, 0.1) is 0 Å². The number of benzene rings is 8. The SMILES string of the molecule is c1ccc(-c2ccccc2-c2ccc3c(c2)c2ccccc2n3-c2cccc(-c3cccc(-n4c5ccccc5c5cc(-c6ccccc6-c6ccccn6)ccc54)c3)c2)nc1. The fourth-order valence-electron chi connectivity index (χ4n) is 9.45. The van der Waals surface area contributed by atoms with Crippen molar-refractivity contribution in [1.82, 2.24) is 19.1 Å². The molecule has 0 saturated heterocycles. The Hall–Kier alpha value is -8.34. The van der Waals surface area contributed by atoms with Gasteiger partial charge in [0.05, 0.1) is 33.5 Å². The molecule has 4 aromatic heterocycles. The van der Waals surface area contributed by atoms with Crippen molar-refractivity contribution in [1.29, 1.82) is 0 Å². The summed E-state index contributed by atoms with van der Waals surface area (Å²) in [5, 5.41) is 4.88. The maximum absolute atomic E-state index is 4.69. The zero-order valence-corrected chi connectivity index (χ0v) is 33.7. The van der Waals surface area contributed by atoms with E-state index in [1.165, 1.54) is 65.9 Å². The summed E-state index contributed by atoms with van der Waals surface area (Å²) in [7, 11) is 0. The van der Waals surface area contributed by atoms with Crippen LogP contribution in [0.4, 0.5) is 0 Å². The molecule has 0 aliphatic rings. The van der Waals surface area contributed by atoms with Crippen molar-refractivity contribution in [3.63, 3.8) is 0 Å². The molecule has 0 saturated carbocycles. The fourth-order valence-corrected chi connectivity index (χ4v) is 9.45. The highest BCUT2D eigenvalue weighted by molar-refractivity contribution is 6.12. The molecule has 4 nitrogen and oxygen atoms in total. The topological polar surface area (TPSA) is 35.6 Å². The number of fused-ring (bicyclic) bond motifs is 6. The van der Waals surface area contributed by atoms with Gasteiger partial charge in [0.1, 0.15) is 0 Å². The first-order valence-electron chi connectivity index (χ1n) is 21.1. The van der Waals surface area contributed by atoms with E-state index in [2.05, 4.69) is 213 Å². The molecule has 0 aliphatic carbocycles. The monoisotopic (exact) mass is 790 g/mol. The molecule has 0 fully saturated rings. The molecule has 4 heteroatoms. The normalized spacial score (nSPS) is 11.5. The standard InChI is InChI=1S/C58H38N4/c1-3-21-47(53-25-9-11-33-59-53)45(19-1)41-29-31-57-51(37-41)49-23-5-7-27-55(49)61(57)43-17-13-15-39(35-43)40-16-14-18-44(36-40)62-56-28-8-6-24-50(56)52-38-42(30-32-58(52)62)46-20-2-4-22-48(46)54-26-10-12-34-60-54/h1-38H. The van der Waals surface area contributed by atoms with Gasteiger partial charge in [0.2, 0.25) is 0 Å². The Balaban J connectivity index is 0.954. The van der Waals surface area contributed by atoms with Gasteiger partial charge in [-0.1, -0.05) is 133 Å². The van der Waals surface area contributed by atoms with E-state index >= 15 is 0 Å². The van der Waals surface area contributed by atoms with Crippen molar-refractivity contribution in [2.75, 3.05) is 0 Å². The van der Waals surface area contributed by atoms with Gasteiger partial charge in [0, 0.05) is 56.4 Å². The first-order chi connectivity index (χ1) is 30.8. The Morgan fingerprint density at radius 1 is 0.258 bits per heavy atom. The number of aromatic nitrogens is 4. The van der Waals surface area contributed by atoms with Gasteiger partial charge in [-0.15, -0.1) is 0 Å². The molecule has 290 valence electrons. The molecule has 0 bridgehead atoms. The van der Waals surface area contributed by atoms with Gasteiger partial charge in [-0.3, -0.25) is 9.97 Å². The number of hydrogen-bond donors (Lipinski definition) is 0. The molecule has 62 heavy (non-hydrogen) atoms. The maximum atomic E-state index is 4.69. The minimum atomic E-state index is 0.970. The van der Waals surface area contributed by atoms with Gasteiger partial charge >= 0.3 is 0 Å². The molecule has 4 heterocycles. The second-order valence-corrected chi connectivity index (χ2v) is 15.8. The van der Waals surface area contributed by atoms with Gasteiger partial charge < -0.3 is 9.13 Å². The van der Waals surface area contributed by atoms with E-state index in [0.29, 0.717) is 0 Å². The zero-order chi connectivity index (χ0) is 41.0. The predicted molar refractivity (Wildman–Crippen MR) is 258 cm³/mol. The first kappa shape index (κ1) is 35.6. The van der Waals surface area contributed by atoms with Crippen LogP contribution in [0.5, 0.6) is 0 Å². The molecule has 12 rings (SSSR count). The average molecular weight is 791 g/mol. The number of nitrogens with zero attached hydrogens (tertiary/aromatic N) is 4. The summed E-state index contributed by atoms with van der Waals surface area (Å²) >= 11 is 0. The van der Waals surface area contributed by atoms with Gasteiger partial charge in [0.15, 0.2) is 0 Å². The van der Waals surface area contributed by atoms with Gasteiger partial charge in [0.25, 0.3) is 0 Å². The summed E-state index contributed by atoms with van der Waals surface area (Å²) in [4.78, 5) is 9.38. The Morgan fingerprint density at radius 2 is 0.661 bits per heavy atom. The van der Waals surface area contributed by atoms with E-state index in [9.17, 15) is 0 Å². The summed E-state index contributed by atoms with van der Waals surface area (Å²) in [5.74, 6) is 0. The Morgan fingerprint density at radius 3 is 1.11 bits per heavy atom. The molecule has 0 amide bonds. The average Bonchev–Trinajstić information content (AvgIpc) is 3.87. The maximum Gasteiger partial charge on any atom is 0.0708 e. The number of hydrogen-bond acceptors (Lipinski definition) is 2. The van der Waals surface area contributed by atoms with Crippen LogP contribution in [0.25, 0.3) is 111 Å². The van der Waals surface area contributed by atoms with Crippen molar-refractivity contribution in [2.45, 2.75) is 0 Å². The van der Waals surface area contributed by atoms with E-state index < -0.39 is 0 Å². The highest BCUT2D eigenvalue weighted by Crippen LogP contribution is 2.40. The molecule has 0 atom stereocenters. The van der Waals surface area contributed by atoms with Crippen LogP contribution in [-0.2, 0) is 0 Å². The van der Waals surface area contributed by atoms with Crippen molar-refractivity contribution in [3.05, 3.63) is 231 Å². The van der Waals surface area contributed by atoms with Crippen molar-refractivity contribution in [2.24, 2.45) is 0 Å². The third kappa shape index (κ3) is 5.92. The second-order valence-electron chi connectivity index (χ2n) is 15.8. The number of para-hydroxylation sites is 2. The van der Waals surface area contributed by atoms with E-state index in [4.69, 9.17) is 0 Å². The van der Waals surface area contributed by atoms with Crippen LogP contribution in [-0.4, -0.2) is 19.1 Å². The van der Waals surface area contributed by atoms with Crippen LogP contribution >= 0.6 is 0 Å². The van der Waals surface area contributed by atoms with Gasteiger partial charge in [-0.2, -0.15) is 0 Å². The second kappa shape index (κ2) is 14.7. The van der Waals surface area contributed by atoms with E-state index in [1.54, 1.807) is 0 Å². The lowest BCUT2D eigenvalue weighted by Crippen LogP contribution is -1.96. The van der Waals surface area contributed by atoms with E-state index in [1.807, 2.05) is 36.7 Å². The van der Waals surface area contributed by atoms with Crippen LogP contribution in [0.1, 0.15) is 0 Å². The summed E-state index contributed by atoms with van der Waals surface area (Å²) in [6.45, 7) is 0. The van der Waals surface area contributed by atoms with Gasteiger partial charge in [-0.05, 0) is 118 Å². The molecule has 0 radical (unpaired) electrons. The summed E-state index contributed by atoms with van der Waals surface area (Å²) < 4.78 is 4.81. The fraction of sp³-hybridized carbons (Fsp3) is 0. The van der Waals surface area contributed by atoms with Crippen molar-refractivity contribution >= 4 is 43.6 Å². The van der Waals surface area contributed by atoms with Crippen LogP contribution in [0.2, 0.25) is 0 Å². The lowest BCUT2D eigenvalue weighted by Gasteiger charge is -2.13. The number of pyridine rings is 2. The molecule has 0 N–H and O–H groups in total. The minimum Gasteiger partial charge on any atom is -0.309 e. The predicted octanol–water partition coefficient (Wildman–Crippen LogP) is 15.0. The molecule has 0 aliphatic heterocycles. The Bertz CT molecular complexity index is 3390. The van der Waals surface area contributed by atoms with Crippen LogP contribution in [0.15, 0.2) is 231 Å². The van der Waals surface area contributed by atoms with Crippen molar-refractivity contribution in [3.8, 4) is 67.3 Å². The highest BCUT2D eigenvalue weighted by Gasteiger charge is 2.18.